The fourth-order valence-corrected chi connectivity index (χ4v) is 1.88. The van der Waals surface area contributed by atoms with Crippen LogP contribution in [0.1, 0.15) is 16.7 Å². The number of hydrogen-bond donors (Lipinski definition) is 1. The summed E-state index contributed by atoms with van der Waals surface area (Å²) in [5.41, 5.74) is 1.52. The summed E-state index contributed by atoms with van der Waals surface area (Å²) in [5.74, 6) is 0.509. The van der Waals surface area contributed by atoms with Gasteiger partial charge in [-0.1, -0.05) is 6.07 Å². The van der Waals surface area contributed by atoms with Crippen molar-refractivity contribution in [1.29, 1.82) is 5.26 Å². The molecule has 0 aromatic heterocycles. The quantitative estimate of drug-likeness (QED) is 0.918. The van der Waals surface area contributed by atoms with Crippen LogP contribution in [0.4, 0.5) is 4.39 Å². The standard InChI is InChI=1S/C16H14FNO3/c1-20-16-6-11(9-19)2-5-15(16)21-10-13-7-14(17)4-3-12(13)8-18/h2-7,19H,9-10H2,1H3. The van der Waals surface area contributed by atoms with E-state index >= 15 is 0 Å². The zero-order valence-electron chi connectivity index (χ0n) is 11.5. The van der Waals surface area contributed by atoms with Gasteiger partial charge in [0.15, 0.2) is 11.5 Å². The molecule has 0 saturated heterocycles. The second-order valence-electron chi connectivity index (χ2n) is 4.35. The third-order valence-corrected chi connectivity index (χ3v) is 2.98. The molecule has 2 rings (SSSR count). The van der Waals surface area contributed by atoms with Crippen LogP contribution in [0.2, 0.25) is 0 Å². The largest absolute Gasteiger partial charge is 0.493 e. The van der Waals surface area contributed by atoms with E-state index in [9.17, 15) is 4.39 Å². The summed E-state index contributed by atoms with van der Waals surface area (Å²) in [4.78, 5) is 0. The smallest absolute Gasteiger partial charge is 0.161 e. The van der Waals surface area contributed by atoms with Gasteiger partial charge in [0.25, 0.3) is 0 Å². The highest BCUT2D eigenvalue weighted by molar-refractivity contribution is 5.43. The van der Waals surface area contributed by atoms with Crippen molar-refractivity contribution >= 4 is 0 Å². The Kier molecular flexibility index (Phi) is 4.75. The van der Waals surface area contributed by atoms with Gasteiger partial charge in [-0.15, -0.1) is 0 Å². The number of hydrogen-bond acceptors (Lipinski definition) is 4. The minimum absolute atomic E-state index is 0.0511. The van der Waals surface area contributed by atoms with Crippen molar-refractivity contribution in [3.8, 4) is 17.6 Å². The Morgan fingerprint density at radius 2 is 2.00 bits per heavy atom. The van der Waals surface area contributed by atoms with Crippen molar-refractivity contribution in [3.63, 3.8) is 0 Å². The molecule has 0 fully saturated rings. The third-order valence-electron chi connectivity index (χ3n) is 2.98. The lowest BCUT2D eigenvalue weighted by atomic mass is 10.1. The Labute approximate surface area is 122 Å². The van der Waals surface area contributed by atoms with Gasteiger partial charge in [-0.3, -0.25) is 0 Å². The summed E-state index contributed by atoms with van der Waals surface area (Å²) in [5, 5.41) is 18.1. The molecule has 0 unspecified atom stereocenters. The third kappa shape index (κ3) is 3.50. The molecular weight excluding hydrogens is 273 g/mol. The van der Waals surface area contributed by atoms with Crippen molar-refractivity contribution in [2.45, 2.75) is 13.2 Å². The van der Waals surface area contributed by atoms with Gasteiger partial charge in [-0.2, -0.15) is 5.26 Å². The number of methoxy groups -OCH3 is 1. The molecule has 0 heterocycles. The van der Waals surface area contributed by atoms with Gasteiger partial charge in [0.05, 0.1) is 25.3 Å². The number of nitrogens with zero attached hydrogens (tertiary/aromatic N) is 1. The summed E-state index contributed by atoms with van der Waals surface area (Å²) in [6, 6.07) is 10.9. The van der Waals surface area contributed by atoms with Crippen LogP contribution in [0.3, 0.4) is 0 Å². The lowest BCUT2D eigenvalue weighted by Gasteiger charge is -2.12. The van der Waals surface area contributed by atoms with E-state index in [-0.39, 0.29) is 13.2 Å². The Morgan fingerprint density at radius 1 is 1.19 bits per heavy atom. The SMILES string of the molecule is COc1cc(CO)ccc1OCc1cc(F)ccc1C#N. The summed E-state index contributed by atoms with van der Waals surface area (Å²) in [6.07, 6.45) is 0. The zero-order chi connectivity index (χ0) is 15.2. The van der Waals surface area contributed by atoms with E-state index in [2.05, 4.69) is 0 Å². The Balaban J connectivity index is 2.20. The number of nitriles is 1. The predicted molar refractivity (Wildman–Crippen MR) is 74.4 cm³/mol. The second kappa shape index (κ2) is 6.73. The molecular formula is C16H14FNO3. The average Bonchev–Trinajstić information content (AvgIpc) is 2.52. The lowest BCUT2D eigenvalue weighted by Crippen LogP contribution is -2.01. The van der Waals surface area contributed by atoms with Gasteiger partial charge in [0.1, 0.15) is 12.4 Å². The minimum atomic E-state index is -0.421. The first kappa shape index (κ1) is 14.8. The Morgan fingerprint density at radius 3 is 2.67 bits per heavy atom. The predicted octanol–water partition coefficient (Wildman–Crippen LogP) is 2.78. The molecule has 2 aromatic carbocycles. The molecule has 0 spiro atoms. The molecule has 21 heavy (non-hydrogen) atoms. The van der Waals surface area contributed by atoms with Crippen molar-refractivity contribution in [1.82, 2.24) is 0 Å². The molecule has 0 radical (unpaired) electrons. The molecule has 5 heteroatoms. The number of rotatable bonds is 5. The first-order valence-corrected chi connectivity index (χ1v) is 6.27. The Bertz CT molecular complexity index is 680. The molecule has 108 valence electrons. The van der Waals surface area contributed by atoms with Crippen molar-refractivity contribution in [2.24, 2.45) is 0 Å². The fraction of sp³-hybridized carbons (Fsp3) is 0.188. The summed E-state index contributed by atoms with van der Waals surface area (Å²) < 4.78 is 24.0. The summed E-state index contributed by atoms with van der Waals surface area (Å²) in [7, 11) is 1.49. The number of aliphatic hydroxyl groups excluding tert-OH is 1. The molecule has 0 aliphatic carbocycles. The number of halogens is 1. The maximum atomic E-state index is 13.2. The second-order valence-corrected chi connectivity index (χ2v) is 4.35. The molecule has 0 amide bonds. The van der Waals surface area contributed by atoms with Crippen LogP contribution in [0.15, 0.2) is 36.4 Å². The molecule has 0 bridgehead atoms. The Hall–Kier alpha value is -2.58. The molecule has 1 N–H and O–H groups in total. The van der Waals surface area contributed by atoms with Crippen LogP contribution in [-0.2, 0) is 13.2 Å². The molecule has 0 aliphatic rings. The van der Waals surface area contributed by atoms with Crippen LogP contribution in [0.5, 0.6) is 11.5 Å². The van der Waals surface area contributed by atoms with Gasteiger partial charge in [0.2, 0.25) is 0 Å². The average molecular weight is 287 g/mol. The highest BCUT2D eigenvalue weighted by atomic mass is 19.1. The van der Waals surface area contributed by atoms with Gasteiger partial charge >= 0.3 is 0 Å². The van der Waals surface area contributed by atoms with Gasteiger partial charge in [-0.05, 0) is 35.9 Å². The minimum Gasteiger partial charge on any atom is -0.493 e. The van der Waals surface area contributed by atoms with E-state index in [0.717, 1.165) is 0 Å². The topological polar surface area (TPSA) is 62.5 Å². The normalized spacial score (nSPS) is 10.0. The highest BCUT2D eigenvalue weighted by Crippen LogP contribution is 2.29. The molecule has 0 atom stereocenters. The van der Waals surface area contributed by atoms with Crippen LogP contribution >= 0.6 is 0 Å². The van der Waals surface area contributed by atoms with Gasteiger partial charge in [0, 0.05) is 5.56 Å². The molecule has 2 aromatic rings. The molecule has 4 nitrogen and oxygen atoms in total. The van der Waals surface area contributed by atoms with Crippen molar-refractivity contribution in [2.75, 3.05) is 7.11 Å². The van der Waals surface area contributed by atoms with E-state index in [0.29, 0.717) is 28.2 Å². The van der Waals surface area contributed by atoms with Gasteiger partial charge in [-0.25, -0.2) is 4.39 Å². The fourth-order valence-electron chi connectivity index (χ4n) is 1.88. The van der Waals surface area contributed by atoms with E-state index in [1.165, 1.54) is 25.3 Å². The van der Waals surface area contributed by atoms with E-state index in [1.54, 1.807) is 18.2 Å². The molecule has 0 saturated carbocycles. The van der Waals surface area contributed by atoms with Crippen LogP contribution in [0, 0.1) is 17.1 Å². The van der Waals surface area contributed by atoms with Crippen LogP contribution in [-0.4, -0.2) is 12.2 Å². The monoisotopic (exact) mass is 287 g/mol. The number of aliphatic hydroxyl groups is 1. The number of benzene rings is 2. The van der Waals surface area contributed by atoms with Crippen LogP contribution in [0.25, 0.3) is 0 Å². The van der Waals surface area contributed by atoms with Gasteiger partial charge < -0.3 is 14.6 Å². The van der Waals surface area contributed by atoms with Crippen molar-refractivity contribution in [3.05, 3.63) is 58.9 Å². The molecule has 0 aliphatic heterocycles. The van der Waals surface area contributed by atoms with E-state index in [4.69, 9.17) is 19.8 Å². The van der Waals surface area contributed by atoms with Crippen LogP contribution < -0.4 is 9.47 Å². The lowest BCUT2D eigenvalue weighted by molar-refractivity contribution is 0.274. The highest BCUT2D eigenvalue weighted by Gasteiger charge is 2.09. The maximum Gasteiger partial charge on any atom is 0.161 e. The number of ether oxygens (including phenoxy) is 2. The maximum absolute atomic E-state index is 13.2. The van der Waals surface area contributed by atoms with E-state index < -0.39 is 5.82 Å². The van der Waals surface area contributed by atoms with Crippen molar-refractivity contribution < 1.29 is 19.0 Å². The summed E-state index contributed by atoms with van der Waals surface area (Å²) in [6.45, 7) is -0.0470. The first-order valence-electron chi connectivity index (χ1n) is 6.27. The zero-order valence-corrected chi connectivity index (χ0v) is 11.5. The summed E-state index contributed by atoms with van der Waals surface area (Å²) >= 11 is 0. The first-order chi connectivity index (χ1) is 10.2. The van der Waals surface area contributed by atoms with E-state index in [1.807, 2.05) is 6.07 Å².